The number of hydrogen-bond donors (Lipinski definition) is 0. The van der Waals surface area contributed by atoms with Gasteiger partial charge in [-0.2, -0.15) is 0 Å². The molecule has 0 saturated carbocycles. The molecule has 1 aliphatic carbocycles. The van der Waals surface area contributed by atoms with Gasteiger partial charge in [-0.15, -0.1) is 11.3 Å². The maximum Gasteiger partial charge on any atom is 0.136 e. The van der Waals surface area contributed by atoms with Crippen LogP contribution in [0.1, 0.15) is 64.1 Å². The second-order valence-corrected chi connectivity index (χ2v) is 17.6. The Morgan fingerprint density at radius 3 is 2.10 bits per heavy atom. The summed E-state index contributed by atoms with van der Waals surface area (Å²) in [6.07, 6.45) is 9.90. The maximum atomic E-state index is 6.90. The fraction of sp³-hybridized carbons (Fsp3) is 0.155. The van der Waals surface area contributed by atoms with Gasteiger partial charge in [-0.1, -0.05) is 158 Å². The molecule has 0 saturated heterocycles. The third-order valence-corrected chi connectivity index (χ3v) is 13.7. The fourth-order valence-electron chi connectivity index (χ4n) is 9.77. The number of furan rings is 1. The summed E-state index contributed by atoms with van der Waals surface area (Å²) in [6.45, 7) is 9.07. The number of benzene rings is 7. The Hall–Kier alpha value is -6.55. The van der Waals surface area contributed by atoms with Crippen molar-refractivity contribution >= 4 is 59.2 Å². The number of aliphatic imine (C=N–C) groups is 1. The van der Waals surface area contributed by atoms with Crippen LogP contribution in [0.15, 0.2) is 202 Å². The molecule has 2 atom stereocenters. The van der Waals surface area contributed by atoms with Crippen LogP contribution in [0.5, 0.6) is 0 Å². The standard InChI is InChI=1S/C58H49NOS/c1-5-45(54(37(2)3)42-20-11-7-12-21-42)58(59-38(4)39-28-30-41(31-29-39)40-18-9-6-10-19-40)49-25-17-26-50-56(49)47-33-32-44(36-51(47)60-50)46-34-35-53-57(48-24-15-16-27-52(48)61-53)55(46)43-22-13-8-14-23-43/h6-11,13-20,22-36,45,58H,5,12,21H2,1-4H3/b59-38+. The molecule has 0 N–H and O–H groups in total. The molecule has 0 spiro atoms. The van der Waals surface area contributed by atoms with Gasteiger partial charge >= 0.3 is 0 Å². The number of thiophene rings is 1. The molecule has 2 heterocycles. The highest BCUT2D eigenvalue weighted by Crippen LogP contribution is 2.48. The first-order chi connectivity index (χ1) is 30.0. The molecular weight excluding hydrogens is 759 g/mol. The smallest absolute Gasteiger partial charge is 0.136 e. The summed E-state index contributed by atoms with van der Waals surface area (Å²) in [6, 6.07) is 57.0. The zero-order valence-corrected chi connectivity index (χ0v) is 36.1. The lowest BCUT2D eigenvalue weighted by molar-refractivity contribution is 0.483. The van der Waals surface area contributed by atoms with E-state index in [4.69, 9.17) is 9.41 Å². The number of fused-ring (bicyclic) bond motifs is 6. The van der Waals surface area contributed by atoms with Crippen molar-refractivity contribution in [2.24, 2.45) is 10.9 Å². The van der Waals surface area contributed by atoms with Crippen molar-refractivity contribution < 1.29 is 4.42 Å². The highest BCUT2D eigenvalue weighted by molar-refractivity contribution is 7.26. The number of rotatable bonds is 10. The second kappa shape index (κ2) is 16.5. The summed E-state index contributed by atoms with van der Waals surface area (Å²) in [5.41, 5.74) is 16.6. The van der Waals surface area contributed by atoms with E-state index in [9.17, 15) is 0 Å². The van der Waals surface area contributed by atoms with Gasteiger partial charge in [0.1, 0.15) is 11.2 Å². The predicted molar refractivity (Wildman–Crippen MR) is 263 cm³/mol. The Morgan fingerprint density at radius 2 is 1.36 bits per heavy atom. The highest BCUT2D eigenvalue weighted by atomic mass is 32.1. The Kier molecular flexibility index (Phi) is 10.4. The SMILES string of the molecule is CCC(C(C1=CC=CCC1)=C(C)C)C(/N=C(\C)c1ccc(-c2ccccc2)cc1)c1cccc2oc3cc(-c4ccc5sc6ccccc6c5c4-c4ccccc4)ccc3c12. The lowest BCUT2D eigenvalue weighted by Crippen LogP contribution is -2.18. The summed E-state index contributed by atoms with van der Waals surface area (Å²) < 4.78 is 9.50. The van der Waals surface area contributed by atoms with Gasteiger partial charge in [-0.25, -0.2) is 0 Å². The third kappa shape index (κ3) is 7.17. The minimum absolute atomic E-state index is 0.140. The van der Waals surface area contributed by atoms with E-state index in [1.165, 1.54) is 70.3 Å². The maximum absolute atomic E-state index is 6.90. The van der Waals surface area contributed by atoms with Crippen LogP contribution in [0.4, 0.5) is 0 Å². The molecule has 1 aliphatic rings. The predicted octanol–water partition coefficient (Wildman–Crippen LogP) is 17.1. The van der Waals surface area contributed by atoms with Crippen LogP contribution in [0, 0.1) is 5.92 Å². The van der Waals surface area contributed by atoms with Crippen molar-refractivity contribution in [3.63, 3.8) is 0 Å². The molecule has 0 radical (unpaired) electrons. The number of nitrogens with zero attached hydrogens (tertiary/aromatic N) is 1. The average Bonchev–Trinajstić information content (AvgIpc) is 3.89. The van der Waals surface area contributed by atoms with Crippen molar-refractivity contribution in [1.82, 2.24) is 0 Å². The van der Waals surface area contributed by atoms with Crippen LogP contribution < -0.4 is 0 Å². The van der Waals surface area contributed by atoms with E-state index >= 15 is 0 Å². The highest BCUT2D eigenvalue weighted by Gasteiger charge is 2.31. The van der Waals surface area contributed by atoms with Crippen LogP contribution in [0.2, 0.25) is 0 Å². The summed E-state index contributed by atoms with van der Waals surface area (Å²) in [5, 5.41) is 4.88. The van der Waals surface area contributed by atoms with Crippen molar-refractivity contribution in [2.45, 2.75) is 53.0 Å². The van der Waals surface area contributed by atoms with Gasteiger partial charge in [-0.05, 0) is 126 Å². The van der Waals surface area contributed by atoms with Gasteiger partial charge in [0.05, 0.1) is 6.04 Å². The van der Waals surface area contributed by atoms with Crippen LogP contribution in [-0.4, -0.2) is 5.71 Å². The van der Waals surface area contributed by atoms with Gasteiger partial charge in [0.25, 0.3) is 0 Å². The molecule has 0 bridgehead atoms. The summed E-state index contributed by atoms with van der Waals surface area (Å²) in [7, 11) is 0. The van der Waals surface area contributed by atoms with Crippen molar-refractivity contribution in [3.8, 4) is 33.4 Å². The molecule has 3 heteroatoms. The third-order valence-electron chi connectivity index (χ3n) is 12.6. The fourth-order valence-corrected chi connectivity index (χ4v) is 10.9. The first-order valence-electron chi connectivity index (χ1n) is 21.7. The zero-order valence-electron chi connectivity index (χ0n) is 35.3. The Balaban J connectivity index is 1.14. The summed E-state index contributed by atoms with van der Waals surface area (Å²) >= 11 is 1.86. The molecule has 10 rings (SSSR count). The quantitative estimate of drug-likeness (QED) is 0.126. The minimum Gasteiger partial charge on any atom is -0.456 e. The monoisotopic (exact) mass is 807 g/mol. The molecule has 9 aromatic rings. The van der Waals surface area contributed by atoms with Gasteiger partial charge in [0, 0.05) is 42.6 Å². The Labute approximate surface area is 362 Å². The van der Waals surface area contributed by atoms with Crippen molar-refractivity contribution in [3.05, 3.63) is 204 Å². The van der Waals surface area contributed by atoms with Gasteiger partial charge < -0.3 is 4.42 Å². The first-order valence-corrected chi connectivity index (χ1v) is 22.5. The van der Waals surface area contributed by atoms with E-state index in [1.54, 1.807) is 0 Å². The number of allylic oxidation sites excluding steroid dienone is 5. The Morgan fingerprint density at radius 1 is 0.639 bits per heavy atom. The van der Waals surface area contributed by atoms with E-state index in [1.807, 2.05) is 11.3 Å². The summed E-state index contributed by atoms with van der Waals surface area (Å²) in [4.78, 5) is 5.78. The van der Waals surface area contributed by atoms with Crippen molar-refractivity contribution in [2.75, 3.05) is 0 Å². The molecule has 0 aliphatic heterocycles. The van der Waals surface area contributed by atoms with E-state index in [-0.39, 0.29) is 12.0 Å². The minimum atomic E-state index is -0.140. The Bertz CT molecular complexity index is 3190. The molecule has 298 valence electrons. The van der Waals surface area contributed by atoms with Gasteiger partial charge in [0.15, 0.2) is 0 Å². The van der Waals surface area contributed by atoms with Crippen LogP contribution >= 0.6 is 11.3 Å². The largest absolute Gasteiger partial charge is 0.456 e. The molecule has 0 fully saturated rings. The normalized spacial score (nSPS) is 14.2. The van der Waals surface area contributed by atoms with Gasteiger partial charge in [0.2, 0.25) is 0 Å². The molecule has 2 aromatic heterocycles. The molecule has 7 aromatic carbocycles. The van der Waals surface area contributed by atoms with E-state index < -0.39 is 0 Å². The second-order valence-electron chi connectivity index (χ2n) is 16.5. The zero-order chi connectivity index (χ0) is 41.5. The van der Waals surface area contributed by atoms with E-state index in [0.717, 1.165) is 58.0 Å². The lowest BCUT2D eigenvalue weighted by Gasteiger charge is -2.31. The lowest BCUT2D eigenvalue weighted by atomic mass is 9.77. The van der Waals surface area contributed by atoms with E-state index in [2.05, 4.69) is 204 Å². The number of hydrogen-bond acceptors (Lipinski definition) is 3. The molecule has 2 nitrogen and oxygen atoms in total. The molecular formula is C58H49NOS. The molecule has 2 unspecified atom stereocenters. The molecule has 61 heavy (non-hydrogen) atoms. The molecule has 0 amide bonds. The topological polar surface area (TPSA) is 25.5 Å². The van der Waals surface area contributed by atoms with Crippen LogP contribution in [0.3, 0.4) is 0 Å². The van der Waals surface area contributed by atoms with Crippen LogP contribution in [-0.2, 0) is 0 Å². The van der Waals surface area contributed by atoms with Crippen molar-refractivity contribution in [1.29, 1.82) is 0 Å². The van der Waals surface area contributed by atoms with E-state index in [0.29, 0.717) is 0 Å². The van der Waals surface area contributed by atoms with Gasteiger partial charge in [-0.3, -0.25) is 4.99 Å². The summed E-state index contributed by atoms with van der Waals surface area (Å²) in [5.74, 6) is 0.164. The first kappa shape index (κ1) is 38.6. The van der Waals surface area contributed by atoms with Crippen LogP contribution in [0.25, 0.3) is 75.5 Å². The average molecular weight is 808 g/mol.